The molecule has 0 atom stereocenters. The smallest absolute Gasteiger partial charge is 0.138 e. The van der Waals surface area contributed by atoms with Gasteiger partial charge in [0.25, 0.3) is 0 Å². The Morgan fingerprint density at radius 2 is 2.05 bits per heavy atom. The summed E-state index contributed by atoms with van der Waals surface area (Å²) in [7, 11) is 1.69. The zero-order valence-electron chi connectivity index (χ0n) is 11.2. The molecule has 0 amide bonds. The molecule has 2 aromatic heterocycles. The zero-order chi connectivity index (χ0) is 13.8. The number of aromatic nitrogens is 2. The van der Waals surface area contributed by atoms with Gasteiger partial charge in [-0.05, 0) is 5.56 Å². The Kier molecular flexibility index (Phi) is 3.90. The van der Waals surface area contributed by atoms with E-state index in [-0.39, 0.29) is 0 Å². The quantitative estimate of drug-likeness (QED) is 0.730. The van der Waals surface area contributed by atoms with Gasteiger partial charge in [-0.15, -0.1) is 11.3 Å². The molecule has 3 aromatic rings. The fourth-order valence-corrected chi connectivity index (χ4v) is 3.03. The summed E-state index contributed by atoms with van der Waals surface area (Å²) in [5.41, 5.74) is 2.36. The van der Waals surface area contributed by atoms with Crippen LogP contribution in [0.1, 0.15) is 0 Å². The molecule has 3 rings (SSSR count). The Morgan fingerprint density at radius 3 is 2.85 bits per heavy atom. The van der Waals surface area contributed by atoms with Crippen molar-refractivity contribution in [2.24, 2.45) is 0 Å². The van der Waals surface area contributed by atoms with Crippen LogP contribution in [0.4, 0.5) is 5.82 Å². The minimum atomic E-state index is 0.649. The molecule has 2 heterocycles. The van der Waals surface area contributed by atoms with Crippen LogP contribution < -0.4 is 5.32 Å². The first-order chi connectivity index (χ1) is 9.90. The molecule has 0 saturated carbocycles. The standard InChI is InChI=1S/C15H15N3OS/c1-19-8-7-16-14-13-12(11-5-3-2-4-6-11)9-20-15(13)18-10-17-14/h2-6,9-10H,7-8H2,1H3,(H,16,17,18). The van der Waals surface area contributed by atoms with E-state index in [9.17, 15) is 0 Å². The van der Waals surface area contributed by atoms with Crippen LogP contribution in [0.25, 0.3) is 21.3 Å². The van der Waals surface area contributed by atoms with Gasteiger partial charge in [-0.2, -0.15) is 0 Å². The van der Waals surface area contributed by atoms with E-state index in [1.165, 1.54) is 11.1 Å². The van der Waals surface area contributed by atoms with Gasteiger partial charge in [0.1, 0.15) is 17.0 Å². The van der Waals surface area contributed by atoms with Gasteiger partial charge in [0.2, 0.25) is 0 Å². The van der Waals surface area contributed by atoms with Gasteiger partial charge < -0.3 is 10.1 Å². The predicted octanol–water partition coefficient (Wildman–Crippen LogP) is 3.42. The first-order valence-electron chi connectivity index (χ1n) is 6.40. The van der Waals surface area contributed by atoms with Crippen LogP contribution >= 0.6 is 11.3 Å². The van der Waals surface area contributed by atoms with Crippen LogP contribution in [0.5, 0.6) is 0 Å². The number of methoxy groups -OCH3 is 1. The number of thiophene rings is 1. The number of benzene rings is 1. The fraction of sp³-hybridized carbons (Fsp3) is 0.200. The molecular weight excluding hydrogens is 270 g/mol. The topological polar surface area (TPSA) is 47.0 Å². The molecule has 0 radical (unpaired) electrons. The second-order valence-corrected chi connectivity index (χ2v) is 5.20. The lowest BCUT2D eigenvalue weighted by atomic mass is 10.1. The Bertz CT molecular complexity index is 697. The van der Waals surface area contributed by atoms with Crippen LogP contribution in [0.3, 0.4) is 0 Å². The molecule has 0 aliphatic carbocycles. The Labute approximate surface area is 121 Å². The van der Waals surface area contributed by atoms with Crippen LogP contribution in [0, 0.1) is 0 Å². The summed E-state index contributed by atoms with van der Waals surface area (Å²) < 4.78 is 5.07. The SMILES string of the molecule is COCCNc1ncnc2scc(-c3ccccc3)c12. The number of ether oxygens (including phenoxy) is 1. The van der Waals surface area contributed by atoms with E-state index in [2.05, 4.69) is 32.8 Å². The molecule has 102 valence electrons. The molecule has 1 aromatic carbocycles. The minimum absolute atomic E-state index is 0.649. The Hall–Kier alpha value is -1.98. The van der Waals surface area contributed by atoms with E-state index in [0.29, 0.717) is 6.61 Å². The number of nitrogens with one attached hydrogen (secondary N) is 1. The van der Waals surface area contributed by atoms with Crippen LogP contribution in [-0.4, -0.2) is 30.2 Å². The van der Waals surface area contributed by atoms with Crippen molar-refractivity contribution in [2.75, 3.05) is 25.6 Å². The Balaban J connectivity index is 2.05. The second kappa shape index (κ2) is 5.98. The van der Waals surface area contributed by atoms with E-state index in [1.54, 1.807) is 24.8 Å². The predicted molar refractivity (Wildman–Crippen MR) is 83.2 cm³/mol. The van der Waals surface area contributed by atoms with E-state index >= 15 is 0 Å². The number of anilines is 1. The van der Waals surface area contributed by atoms with Crippen molar-refractivity contribution in [2.45, 2.75) is 0 Å². The average Bonchev–Trinajstić information content (AvgIpc) is 2.93. The molecule has 20 heavy (non-hydrogen) atoms. The molecule has 0 unspecified atom stereocenters. The molecular formula is C15H15N3OS. The lowest BCUT2D eigenvalue weighted by Gasteiger charge is -2.07. The van der Waals surface area contributed by atoms with Crippen molar-refractivity contribution in [3.8, 4) is 11.1 Å². The maximum atomic E-state index is 5.07. The molecule has 0 aliphatic rings. The fourth-order valence-electron chi connectivity index (χ4n) is 2.11. The van der Waals surface area contributed by atoms with Crippen LogP contribution in [-0.2, 0) is 4.74 Å². The highest BCUT2D eigenvalue weighted by atomic mass is 32.1. The Morgan fingerprint density at radius 1 is 1.20 bits per heavy atom. The van der Waals surface area contributed by atoms with E-state index in [4.69, 9.17) is 4.74 Å². The molecule has 0 saturated heterocycles. The number of fused-ring (bicyclic) bond motifs is 1. The minimum Gasteiger partial charge on any atom is -0.383 e. The first kappa shape index (κ1) is 13.0. The van der Waals surface area contributed by atoms with Crippen molar-refractivity contribution in [1.82, 2.24) is 9.97 Å². The number of rotatable bonds is 5. The summed E-state index contributed by atoms with van der Waals surface area (Å²) in [4.78, 5) is 9.72. The van der Waals surface area contributed by atoms with Crippen LogP contribution in [0.15, 0.2) is 42.0 Å². The number of nitrogens with zero attached hydrogens (tertiary/aromatic N) is 2. The summed E-state index contributed by atoms with van der Waals surface area (Å²) in [6.45, 7) is 1.38. The molecule has 0 aliphatic heterocycles. The third-order valence-electron chi connectivity index (χ3n) is 3.05. The third kappa shape index (κ3) is 2.50. The molecule has 0 fully saturated rings. The average molecular weight is 285 g/mol. The van der Waals surface area contributed by atoms with Gasteiger partial charge in [-0.3, -0.25) is 0 Å². The maximum Gasteiger partial charge on any atom is 0.138 e. The maximum absolute atomic E-state index is 5.07. The highest BCUT2D eigenvalue weighted by molar-refractivity contribution is 7.17. The summed E-state index contributed by atoms with van der Waals surface area (Å²) in [6, 6.07) is 10.3. The van der Waals surface area contributed by atoms with Crippen molar-refractivity contribution in [3.63, 3.8) is 0 Å². The highest BCUT2D eigenvalue weighted by Gasteiger charge is 2.12. The second-order valence-electron chi connectivity index (χ2n) is 4.34. The van der Waals surface area contributed by atoms with E-state index in [0.717, 1.165) is 22.6 Å². The van der Waals surface area contributed by atoms with Gasteiger partial charge >= 0.3 is 0 Å². The summed E-state index contributed by atoms with van der Waals surface area (Å²) in [6.07, 6.45) is 1.60. The molecule has 5 heteroatoms. The normalized spacial score (nSPS) is 10.8. The molecule has 0 spiro atoms. The third-order valence-corrected chi connectivity index (χ3v) is 3.94. The van der Waals surface area contributed by atoms with Gasteiger partial charge in [0, 0.05) is 24.6 Å². The summed E-state index contributed by atoms with van der Waals surface area (Å²) >= 11 is 1.64. The molecule has 0 bridgehead atoms. The largest absolute Gasteiger partial charge is 0.383 e. The number of hydrogen-bond donors (Lipinski definition) is 1. The van der Waals surface area contributed by atoms with Gasteiger partial charge in [-0.1, -0.05) is 30.3 Å². The first-order valence-corrected chi connectivity index (χ1v) is 7.28. The summed E-state index contributed by atoms with van der Waals surface area (Å²) in [5.74, 6) is 0.868. The lowest BCUT2D eigenvalue weighted by Crippen LogP contribution is -2.09. The highest BCUT2D eigenvalue weighted by Crippen LogP contribution is 2.36. The van der Waals surface area contributed by atoms with Gasteiger partial charge in [-0.25, -0.2) is 9.97 Å². The van der Waals surface area contributed by atoms with E-state index < -0.39 is 0 Å². The lowest BCUT2D eigenvalue weighted by molar-refractivity contribution is 0.210. The summed E-state index contributed by atoms with van der Waals surface area (Å²) in [5, 5.41) is 6.53. The van der Waals surface area contributed by atoms with Crippen molar-refractivity contribution >= 4 is 27.4 Å². The number of hydrogen-bond acceptors (Lipinski definition) is 5. The monoisotopic (exact) mass is 285 g/mol. The van der Waals surface area contributed by atoms with Crippen LogP contribution in [0.2, 0.25) is 0 Å². The van der Waals surface area contributed by atoms with Crippen molar-refractivity contribution in [1.29, 1.82) is 0 Å². The van der Waals surface area contributed by atoms with Gasteiger partial charge in [0.05, 0.1) is 12.0 Å². The van der Waals surface area contributed by atoms with Crippen molar-refractivity contribution < 1.29 is 4.74 Å². The van der Waals surface area contributed by atoms with Gasteiger partial charge in [0.15, 0.2) is 0 Å². The van der Waals surface area contributed by atoms with E-state index in [1.807, 2.05) is 18.2 Å². The van der Waals surface area contributed by atoms with Crippen molar-refractivity contribution in [3.05, 3.63) is 42.0 Å². The zero-order valence-corrected chi connectivity index (χ0v) is 12.0. The molecule has 1 N–H and O–H groups in total. The molecule has 4 nitrogen and oxygen atoms in total.